The van der Waals surface area contributed by atoms with E-state index in [9.17, 15) is 18.4 Å². The molecule has 6 nitrogen and oxygen atoms in total. The molecular formula is C23H21F2N3O3. The van der Waals surface area contributed by atoms with Gasteiger partial charge in [-0.05, 0) is 41.8 Å². The summed E-state index contributed by atoms with van der Waals surface area (Å²) in [6.07, 6.45) is 2.43. The fourth-order valence-electron chi connectivity index (χ4n) is 3.71. The summed E-state index contributed by atoms with van der Waals surface area (Å²) in [5.74, 6) is -3.01. The van der Waals surface area contributed by atoms with Gasteiger partial charge >= 0.3 is 11.8 Å². The van der Waals surface area contributed by atoms with Crippen LogP contribution in [0.25, 0.3) is 0 Å². The molecule has 0 fully saturated rings. The van der Waals surface area contributed by atoms with Crippen LogP contribution < -0.4 is 10.6 Å². The highest BCUT2D eigenvalue weighted by atomic mass is 19.1. The first kappa shape index (κ1) is 20.7. The Labute approximate surface area is 177 Å². The van der Waals surface area contributed by atoms with E-state index in [2.05, 4.69) is 27.7 Å². The number of nitrogens with zero attached hydrogens (tertiary/aromatic N) is 1. The second kappa shape index (κ2) is 9.09. The predicted octanol–water partition coefficient (Wildman–Crippen LogP) is 3.41. The quantitative estimate of drug-likeness (QED) is 0.615. The maximum absolute atomic E-state index is 13.7. The Hall–Kier alpha value is -3.52. The molecule has 2 amide bonds. The first-order valence-corrected chi connectivity index (χ1v) is 9.90. The van der Waals surface area contributed by atoms with Crippen molar-refractivity contribution < 1.29 is 22.8 Å². The van der Waals surface area contributed by atoms with Crippen LogP contribution >= 0.6 is 0 Å². The van der Waals surface area contributed by atoms with Gasteiger partial charge in [0.15, 0.2) is 0 Å². The van der Waals surface area contributed by atoms with E-state index in [0.29, 0.717) is 18.4 Å². The van der Waals surface area contributed by atoms with Gasteiger partial charge in [0.25, 0.3) is 0 Å². The monoisotopic (exact) mass is 425 g/mol. The van der Waals surface area contributed by atoms with Crippen molar-refractivity contribution in [2.45, 2.75) is 19.0 Å². The molecule has 0 bridgehead atoms. The van der Waals surface area contributed by atoms with Crippen molar-refractivity contribution in [3.05, 3.63) is 89.4 Å². The third kappa shape index (κ3) is 4.80. The molecule has 0 unspecified atom stereocenters. The topological polar surface area (TPSA) is 74.6 Å². The molecule has 8 heteroatoms. The van der Waals surface area contributed by atoms with E-state index >= 15 is 0 Å². The number of hydrogen-bond acceptors (Lipinski definition) is 4. The van der Waals surface area contributed by atoms with Gasteiger partial charge in [-0.15, -0.1) is 0 Å². The molecule has 0 saturated carbocycles. The van der Waals surface area contributed by atoms with Crippen LogP contribution in [0.5, 0.6) is 0 Å². The van der Waals surface area contributed by atoms with Gasteiger partial charge < -0.3 is 15.1 Å². The van der Waals surface area contributed by atoms with E-state index in [1.54, 1.807) is 12.3 Å². The molecule has 0 spiro atoms. The van der Waals surface area contributed by atoms with Crippen molar-refractivity contribution in [1.82, 2.24) is 10.2 Å². The van der Waals surface area contributed by atoms with Crippen LogP contribution in [0.3, 0.4) is 0 Å². The summed E-state index contributed by atoms with van der Waals surface area (Å²) >= 11 is 0. The molecule has 1 aromatic heterocycles. The van der Waals surface area contributed by atoms with E-state index in [0.717, 1.165) is 25.1 Å². The maximum Gasteiger partial charge on any atom is 0.313 e. The normalized spacial score (nSPS) is 14.5. The molecule has 2 aromatic carbocycles. The van der Waals surface area contributed by atoms with Crippen LogP contribution in [0.2, 0.25) is 0 Å². The van der Waals surface area contributed by atoms with Crippen LogP contribution in [0, 0.1) is 11.6 Å². The number of furan rings is 1. The minimum Gasteiger partial charge on any atom is -0.468 e. The fourth-order valence-corrected chi connectivity index (χ4v) is 3.71. The zero-order chi connectivity index (χ0) is 21.8. The Morgan fingerprint density at radius 3 is 2.58 bits per heavy atom. The number of fused-ring (bicyclic) bond motifs is 1. The van der Waals surface area contributed by atoms with E-state index in [-0.39, 0.29) is 18.3 Å². The number of amides is 2. The molecule has 3 aromatic rings. The SMILES string of the molecule is O=C(NC[C@H](c1ccco1)N1CCc2ccccc2C1)C(=O)Nc1ccc(F)cc1F. The lowest BCUT2D eigenvalue weighted by Gasteiger charge is -2.34. The summed E-state index contributed by atoms with van der Waals surface area (Å²) in [4.78, 5) is 26.7. The Bertz CT molecular complexity index is 1090. The van der Waals surface area contributed by atoms with Gasteiger partial charge in [0.1, 0.15) is 17.4 Å². The molecule has 2 heterocycles. The summed E-state index contributed by atoms with van der Waals surface area (Å²) in [6, 6.07) is 14.2. The highest BCUT2D eigenvalue weighted by Crippen LogP contribution is 2.28. The van der Waals surface area contributed by atoms with Gasteiger partial charge in [0.2, 0.25) is 0 Å². The van der Waals surface area contributed by atoms with Crippen molar-refractivity contribution in [2.24, 2.45) is 0 Å². The standard InChI is InChI=1S/C23H21F2N3O3/c24-17-7-8-19(18(25)12-17)27-23(30)22(29)26-13-20(21-6-3-11-31-21)28-10-9-15-4-1-2-5-16(15)14-28/h1-8,11-12,20H,9-10,13-14H2,(H,26,29)(H,27,30)/t20-/m1/s1. The first-order valence-electron chi connectivity index (χ1n) is 9.90. The van der Waals surface area contributed by atoms with E-state index < -0.39 is 23.4 Å². The van der Waals surface area contributed by atoms with Crippen molar-refractivity contribution in [3.63, 3.8) is 0 Å². The van der Waals surface area contributed by atoms with E-state index in [1.807, 2.05) is 18.2 Å². The average Bonchev–Trinajstić information content (AvgIpc) is 3.30. The Kier molecular flexibility index (Phi) is 6.08. The number of hydrogen-bond donors (Lipinski definition) is 2. The predicted molar refractivity (Wildman–Crippen MR) is 110 cm³/mol. The van der Waals surface area contributed by atoms with E-state index in [4.69, 9.17) is 4.42 Å². The van der Waals surface area contributed by atoms with Gasteiger partial charge in [-0.25, -0.2) is 8.78 Å². The highest BCUT2D eigenvalue weighted by molar-refractivity contribution is 6.39. The molecule has 31 heavy (non-hydrogen) atoms. The molecule has 4 rings (SSSR count). The minimum atomic E-state index is -1.03. The highest BCUT2D eigenvalue weighted by Gasteiger charge is 2.28. The summed E-state index contributed by atoms with van der Waals surface area (Å²) in [5, 5.41) is 4.75. The van der Waals surface area contributed by atoms with Crippen LogP contribution in [0.1, 0.15) is 22.9 Å². The van der Waals surface area contributed by atoms with Crippen LogP contribution in [-0.4, -0.2) is 29.8 Å². The van der Waals surface area contributed by atoms with Gasteiger partial charge in [-0.3, -0.25) is 14.5 Å². The fraction of sp³-hybridized carbons (Fsp3) is 0.217. The first-order chi connectivity index (χ1) is 15.0. The van der Waals surface area contributed by atoms with Crippen LogP contribution in [0.15, 0.2) is 65.3 Å². The van der Waals surface area contributed by atoms with Crippen molar-refractivity contribution >= 4 is 17.5 Å². The van der Waals surface area contributed by atoms with Crippen molar-refractivity contribution in [2.75, 3.05) is 18.4 Å². The Morgan fingerprint density at radius 2 is 1.84 bits per heavy atom. The molecule has 0 aliphatic carbocycles. The lowest BCUT2D eigenvalue weighted by molar-refractivity contribution is -0.136. The minimum absolute atomic E-state index is 0.133. The molecule has 1 aliphatic heterocycles. The number of carbonyl (C=O) groups excluding carboxylic acids is 2. The van der Waals surface area contributed by atoms with Gasteiger partial charge in [0.05, 0.1) is 18.0 Å². The zero-order valence-electron chi connectivity index (χ0n) is 16.6. The lowest BCUT2D eigenvalue weighted by Crippen LogP contribution is -2.43. The molecular weight excluding hydrogens is 404 g/mol. The summed E-state index contributed by atoms with van der Waals surface area (Å²) in [6.45, 7) is 1.59. The molecule has 160 valence electrons. The largest absolute Gasteiger partial charge is 0.468 e. The second-order valence-corrected chi connectivity index (χ2v) is 7.31. The van der Waals surface area contributed by atoms with Gasteiger partial charge in [-0.2, -0.15) is 0 Å². The number of anilines is 1. The molecule has 1 aliphatic rings. The van der Waals surface area contributed by atoms with Gasteiger partial charge in [0, 0.05) is 25.7 Å². The third-order valence-electron chi connectivity index (χ3n) is 5.31. The number of rotatable bonds is 5. The lowest BCUT2D eigenvalue weighted by atomic mass is 9.98. The summed E-state index contributed by atoms with van der Waals surface area (Å²) < 4.78 is 32.3. The number of benzene rings is 2. The smallest absolute Gasteiger partial charge is 0.313 e. The van der Waals surface area contributed by atoms with Crippen molar-refractivity contribution in [1.29, 1.82) is 0 Å². The Morgan fingerprint density at radius 1 is 1.03 bits per heavy atom. The van der Waals surface area contributed by atoms with Crippen LogP contribution in [-0.2, 0) is 22.6 Å². The Balaban J connectivity index is 1.42. The van der Waals surface area contributed by atoms with Gasteiger partial charge in [-0.1, -0.05) is 24.3 Å². The molecule has 0 saturated heterocycles. The van der Waals surface area contributed by atoms with E-state index in [1.165, 1.54) is 11.1 Å². The second-order valence-electron chi connectivity index (χ2n) is 7.31. The summed E-state index contributed by atoms with van der Waals surface area (Å²) in [7, 11) is 0. The molecule has 0 radical (unpaired) electrons. The average molecular weight is 425 g/mol. The number of halogens is 2. The van der Waals surface area contributed by atoms with Crippen LogP contribution in [0.4, 0.5) is 14.5 Å². The number of carbonyl (C=O) groups is 2. The summed E-state index contributed by atoms with van der Waals surface area (Å²) in [5.41, 5.74) is 2.24. The zero-order valence-corrected chi connectivity index (χ0v) is 16.6. The van der Waals surface area contributed by atoms with Crippen molar-refractivity contribution in [3.8, 4) is 0 Å². The third-order valence-corrected chi connectivity index (χ3v) is 5.31. The maximum atomic E-state index is 13.7. The molecule has 2 N–H and O–H groups in total. The number of nitrogens with one attached hydrogen (secondary N) is 2. The molecule has 1 atom stereocenters.